The largest absolute Gasteiger partial charge is 0.391 e. The minimum atomic E-state index is -0.416. The molecular formula is C10H14N2O3S. The van der Waals surface area contributed by atoms with Gasteiger partial charge in [-0.25, -0.2) is 4.99 Å². The van der Waals surface area contributed by atoms with E-state index in [1.54, 1.807) is 4.90 Å². The van der Waals surface area contributed by atoms with E-state index < -0.39 is 6.10 Å². The number of aliphatic hydroxyl groups excluding tert-OH is 1. The first kappa shape index (κ1) is 11.6. The van der Waals surface area contributed by atoms with Gasteiger partial charge in [0.05, 0.1) is 11.7 Å². The Morgan fingerprint density at radius 2 is 2.50 bits per heavy atom. The first-order chi connectivity index (χ1) is 7.66. The highest BCUT2D eigenvalue weighted by Gasteiger charge is 2.29. The molecule has 2 atom stereocenters. The van der Waals surface area contributed by atoms with Gasteiger partial charge in [0.1, 0.15) is 5.25 Å². The monoisotopic (exact) mass is 242 g/mol. The Kier molecular flexibility index (Phi) is 3.60. The maximum atomic E-state index is 11.8. The molecule has 6 heteroatoms. The Hall–Kier alpha value is -0.880. The molecule has 16 heavy (non-hydrogen) atoms. The lowest BCUT2D eigenvalue weighted by molar-refractivity contribution is -0.135. The predicted octanol–water partition coefficient (Wildman–Crippen LogP) is 0.0301. The minimum Gasteiger partial charge on any atom is -0.391 e. The Labute approximate surface area is 97.9 Å². The molecule has 0 spiro atoms. The number of rotatable bonds is 2. The summed E-state index contributed by atoms with van der Waals surface area (Å²) in [5.41, 5.74) is 1.49. The number of hydrogen-bond acceptors (Lipinski definition) is 4. The summed E-state index contributed by atoms with van der Waals surface area (Å²) < 4.78 is 0. The van der Waals surface area contributed by atoms with Crippen LogP contribution in [-0.4, -0.2) is 51.8 Å². The third-order valence-corrected chi connectivity index (χ3v) is 3.71. The van der Waals surface area contributed by atoms with Gasteiger partial charge in [0.2, 0.25) is 5.91 Å². The van der Waals surface area contributed by atoms with E-state index in [1.807, 2.05) is 0 Å². The molecule has 88 valence electrons. The van der Waals surface area contributed by atoms with Crippen molar-refractivity contribution in [2.24, 2.45) is 4.99 Å². The lowest BCUT2D eigenvalue weighted by atomic mass is 10.1. The summed E-state index contributed by atoms with van der Waals surface area (Å²) in [6, 6.07) is 0. The molecule has 0 aliphatic carbocycles. The van der Waals surface area contributed by atoms with E-state index in [0.29, 0.717) is 13.1 Å². The number of β-amino-alcohol motifs (C(OH)–C–C–N with tert-alkyl or cyclic N) is 1. The van der Waals surface area contributed by atoms with Gasteiger partial charge in [0, 0.05) is 19.5 Å². The van der Waals surface area contributed by atoms with E-state index in [4.69, 9.17) is 0 Å². The van der Waals surface area contributed by atoms with Gasteiger partial charge in [0.25, 0.3) is 5.91 Å². The normalized spacial score (nSPS) is 29.8. The van der Waals surface area contributed by atoms with Crippen molar-refractivity contribution in [1.29, 1.82) is 0 Å². The molecule has 2 amide bonds. The summed E-state index contributed by atoms with van der Waals surface area (Å²) in [5.74, 6) is -0.286. The second kappa shape index (κ2) is 4.97. The number of carbonyl (C=O) groups excluding carboxylic acids is 2. The SMILES string of the molecule is O=C1N=CSC1CC(=O)N1CCCC(O)C1. The van der Waals surface area contributed by atoms with Crippen LogP contribution in [0.4, 0.5) is 0 Å². The van der Waals surface area contributed by atoms with Crippen LogP contribution in [0, 0.1) is 0 Å². The van der Waals surface area contributed by atoms with Crippen molar-refractivity contribution in [1.82, 2.24) is 4.90 Å². The Morgan fingerprint density at radius 3 is 3.12 bits per heavy atom. The third-order valence-electron chi connectivity index (χ3n) is 2.79. The number of carbonyl (C=O) groups is 2. The van der Waals surface area contributed by atoms with Crippen LogP contribution < -0.4 is 0 Å². The molecule has 1 N–H and O–H groups in total. The fraction of sp³-hybridized carbons (Fsp3) is 0.700. The van der Waals surface area contributed by atoms with Gasteiger partial charge in [-0.05, 0) is 12.8 Å². The van der Waals surface area contributed by atoms with Crippen LogP contribution in [0.15, 0.2) is 4.99 Å². The zero-order chi connectivity index (χ0) is 11.5. The van der Waals surface area contributed by atoms with Crippen molar-refractivity contribution in [2.75, 3.05) is 13.1 Å². The predicted molar refractivity (Wildman–Crippen MR) is 61.3 cm³/mol. The lowest BCUT2D eigenvalue weighted by Gasteiger charge is -2.30. The van der Waals surface area contributed by atoms with E-state index in [-0.39, 0.29) is 23.5 Å². The van der Waals surface area contributed by atoms with Gasteiger partial charge in [-0.15, -0.1) is 11.8 Å². The summed E-state index contributed by atoms with van der Waals surface area (Å²) >= 11 is 1.29. The van der Waals surface area contributed by atoms with Gasteiger partial charge in [-0.2, -0.15) is 0 Å². The fourth-order valence-electron chi connectivity index (χ4n) is 1.90. The summed E-state index contributed by atoms with van der Waals surface area (Å²) in [6.07, 6.45) is 1.36. The minimum absolute atomic E-state index is 0.0601. The van der Waals surface area contributed by atoms with Gasteiger partial charge in [-0.1, -0.05) is 0 Å². The molecule has 2 aliphatic heterocycles. The third kappa shape index (κ3) is 2.62. The molecule has 1 fully saturated rings. The van der Waals surface area contributed by atoms with Crippen molar-refractivity contribution in [3.8, 4) is 0 Å². The maximum Gasteiger partial charge on any atom is 0.260 e. The van der Waals surface area contributed by atoms with Crippen LogP contribution in [0.3, 0.4) is 0 Å². The second-order valence-corrected chi connectivity index (χ2v) is 5.09. The van der Waals surface area contributed by atoms with E-state index in [9.17, 15) is 14.7 Å². The highest BCUT2D eigenvalue weighted by Crippen LogP contribution is 2.21. The van der Waals surface area contributed by atoms with Crippen LogP contribution in [0.25, 0.3) is 0 Å². The molecule has 0 aromatic rings. The number of hydrogen-bond donors (Lipinski definition) is 1. The Balaban J connectivity index is 1.85. The second-order valence-electron chi connectivity index (χ2n) is 4.04. The molecule has 2 aliphatic rings. The van der Waals surface area contributed by atoms with Crippen LogP contribution in [0.1, 0.15) is 19.3 Å². The van der Waals surface area contributed by atoms with Crippen LogP contribution in [0.5, 0.6) is 0 Å². The summed E-state index contributed by atoms with van der Waals surface area (Å²) in [6.45, 7) is 1.08. The summed E-state index contributed by atoms with van der Waals surface area (Å²) in [4.78, 5) is 28.3. The maximum absolute atomic E-state index is 11.8. The lowest BCUT2D eigenvalue weighted by Crippen LogP contribution is -2.43. The fourth-order valence-corrected chi connectivity index (χ4v) is 2.63. The van der Waals surface area contributed by atoms with Gasteiger partial charge >= 0.3 is 0 Å². The van der Waals surface area contributed by atoms with Crippen molar-refractivity contribution in [2.45, 2.75) is 30.6 Å². The van der Waals surface area contributed by atoms with E-state index in [2.05, 4.69) is 4.99 Å². The van der Waals surface area contributed by atoms with Crippen molar-refractivity contribution in [3.05, 3.63) is 0 Å². The first-order valence-electron chi connectivity index (χ1n) is 5.34. The van der Waals surface area contributed by atoms with Crippen molar-refractivity contribution < 1.29 is 14.7 Å². The highest BCUT2D eigenvalue weighted by atomic mass is 32.2. The molecule has 0 aromatic heterocycles. The smallest absolute Gasteiger partial charge is 0.260 e. The number of likely N-dealkylation sites (tertiary alicyclic amines) is 1. The standard InChI is InChI=1S/C10H14N2O3S/c13-7-2-1-3-12(5-7)9(14)4-8-10(15)11-6-16-8/h6-8,13H,1-5H2. The van der Waals surface area contributed by atoms with Crippen molar-refractivity contribution in [3.63, 3.8) is 0 Å². The summed E-state index contributed by atoms with van der Waals surface area (Å²) in [7, 11) is 0. The van der Waals surface area contributed by atoms with Crippen molar-refractivity contribution >= 4 is 29.1 Å². The molecule has 5 nitrogen and oxygen atoms in total. The first-order valence-corrected chi connectivity index (χ1v) is 6.29. The Morgan fingerprint density at radius 1 is 1.69 bits per heavy atom. The van der Waals surface area contributed by atoms with E-state index >= 15 is 0 Å². The highest BCUT2D eigenvalue weighted by molar-refractivity contribution is 8.13. The topological polar surface area (TPSA) is 70.0 Å². The summed E-state index contributed by atoms with van der Waals surface area (Å²) in [5, 5.41) is 9.10. The van der Waals surface area contributed by atoms with Gasteiger partial charge in [0.15, 0.2) is 0 Å². The number of nitrogens with zero attached hydrogens (tertiary/aromatic N) is 2. The van der Waals surface area contributed by atoms with E-state index in [1.165, 1.54) is 17.3 Å². The number of piperidine rings is 1. The zero-order valence-corrected chi connectivity index (χ0v) is 9.65. The number of aliphatic imine (C=N–C) groups is 1. The Bertz CT molecular complexity index is 332. The van der Waals surface area contributed by atoms with Crippen LogP contribution >= 0.6 is 11.8 Å². The number of amides is 2. The van der Waals surface area contributed by atoms with Gasteiger partial charge in [-0.3, -0.25) is 9.59 Å². The molecule has 1 saturated heterocycles. The molecular weight excluding hydrogens is 228 g/mol. The molecule has 0 aromatic carbocycles. The molecule has 2 unspecified atom stereocenters. The molecule has 0 radical (unpaired) electrons. The van der Waals surface area contributed by atoms with E-state index in [0.717, 1.165) is 12.8 Å². The quantitative estimate of drug-likeness (QED) is 0.741. The van der Waals surface area contributed by atoms with Gasteiger partial charge < -0.3 is 10.0 Å². The number of aliphatic hydroxyl groups is 1. The van der Waals surface area contributed by atoms with Crippen LogP contribution in [-0.2, 0) is 9.59 Å². The molecule has 2 rings (SSSR count). The average molecular weight is 242 g/mol. The average Bonchev–Trinajstić information content (AvgIpc) is 2.64. The molecule has 2 heterocycles. The molecule has 0 saturated carbocycles. The number of thioether (sulfide) groups is 1. The van der Waals surface area contributed by atoms with Crippen LogP contribution in [0.2, 0.25) is 0 Å². The molecule has 0 bridgehead atoms. The zero-order valence-electron chi connectivity index (χ0n) is 8.83.